The van der Waals surface area contributed by atoms with E-state index in [1.54, 1.807) is 43.0 Å². The molecule has 3 amide bonds. The number of amides is 3. The van der Waals surface area contributed by atoms with E-state index in [-0.39, 0.29) is 30.1 Å². The zero-order valence-corrected chi connectivity index (χ0v) is 18.0. The van der Waals surface area contributed by atoms with Crippen LogP contribution in [0.25, 0.3) is 0 Å². The molecule has 10 heteroatoms. The van der Waals surface area contributed by atoms with Crippen LogP contribution in [0.2, 0.25) is 0 Å². The standard InChI is InChI=1S/C21H22N4O5S/c1-3-30-20(29)17-12(2)22-21(31-17)23-16(26)11-25-14-8-5-4-7-13(14)18(27)24-10-6-9-15(24)19(25)28/h4-5,7-8,15H,3,6,9-11H2,1-2H3,(H,22,23,26)/t15-/m1/s1. The van der Waals surface area contributed by atoms with Crippen LogP contribution in [0.5, 0.6) is 0 Å². The number of benzene rings is 1. The quantitative estimate of drug-likeness (QED) is 0.712. The predicted molar refractivity (Wildman–Crippen MR) is 114 cm³/mol. The van der Waals surface area contributed by atoms with Crippen LogP contribution >= 0.6 is 11.3 Å². The minimum Gasteiger partial charge on any atom is -0.462 e. The van der Waals surface area contributed by atoms with E-state index < -0.39 is 17.9 Å². The summed E-state index contributed by atoms with van der Waals surface area (Å²) in [5.74, 6) is -1.42. The molecule has 0 spiro atoms. The van der Waals surface area contributed by atoms with Gasteiger partial charge in [-0.1, -0.05) is 23.5 Å². The van der Waals surface area contributed by atoms with Crippen LogP contribution in [-0.4, -0.2) is 59.3 Å². The SMILES string of the molecule is CCOC(=O)c1sc(NC(=O)CN2C(=O)[C@H]3CCCN3C(=O)c3ccccc32)nc1C. The Morgan fingerprint density at radius 3 is 2.84 bits per heavy atom. The minimum absolute atomic E-state index is 0.191. The zero-order valence-electron chi connectivity index (χ0n) is 17.2. The molecule has 162 valence electrons. The van der Waals surface area contributed by atoms with Crippen molar-refractivity contribution in [3.8, 4) is 0 Å². The molecule has 2 aliphatic rings. The van der Waals surface area contributed by atoms with Crippen molar-refractivity contribution in [2.45, 2.75) is 32.7 Å². The van der Waals surface area contributed by atoms with Crippen molar-refractivity contribution in [2.24, 2.45) is 0 Å². The van der Waals surface area contributed by atoms with Gasteiger partial charge in [0.15, 0.2) is 5.13 Å². The van der Waals surface area contributed by atoms with E-state index in [4.69, 9.17) is 4.74 Å². The van der Waals surface area contributed by atoms with Gasteiger partial charge in [-0.05, 0) is 38.8 Å². The molecule has 4 rings (SSSR count). The third-order valence-electron chi connectivity index (χ3n) is 5.30. The zero-order chi connectivity index (χ0) is 22.1. The van der Waals surface area contributed by atoms with E-state index in [1.165, 1.54) is 4.90 Å². The lowest BCUT2D eigenvalue weighted by atomic mass is 10.1. The summed E-state index contributed by atoms with van der Waals surface area (Å²) in [7, 11) is 0. The van der Waals surface area contributed by atoms with Crippen molar-refractivity contribution in [3.05, 3.63) is 40.4 Å². The average molecular weight is 442 g/mol. The molecule has 2 aliphatic heterocycles. The number of esters is 1. The summed E-state index contributed by atoms with van der Waals surface area (Å²) in [5.41, 5.74) is 1.29. The molecule has 1 fully saturated rings. The molecule has 0 aliphatic carbocycles. The van der Waals surface area contributed by atoms with Crippen molar-refractivity contribution < 1.29 is 23.9 Å². The third-order valence-corrected chi connectivity index (χ3v) is 6.35. The molecule has 1 saturated heterocycles. The Morgan fingerprint density at radius 2 is 2.06 bits per heavy atom. The fraction of sp³-hybridized carbons (Fsp3) is 0.381. The maximum Gasteiger partial charge on any atom is 0.350 e. The summed E-state index contributed by atoms with van der Waals surface area (Å²) in [6.07, 6.45) is 1.32. The number of carbonyl (C=O) groups excluding carboxylic acids is 4. The van der Waals surface area contributed by atoms with Gasteiger partial charge in [0.05, 0.1) is 23.6 Å². The molecule has 0 bridgehead atoms. The van der Waals surface area contributed by atoms with Gasteiger partial charge in [0.2, 0.25) is 11.8 Å². The largest absolute Gasteiger partial charge is 0.462 e. The Morgan fingerprint density at radius 1 is 1.29 bits per heavy atom. The van der Waals surface area contributed by atoms with Crippen molar-refractivity contribution >= 4 is 45.8 Å². The Labute approximate surface area is 183 Å². The van der Waals surface area contributed by atoms with Crippen LogP contribution < -0.4 is 10.2 Å². The van der Waals surface area contributed by atoms with E-state index in [0.717, 1.165) is 17.8 Å². The van der Waals surface area contributed by atoms with Crippen LogP contribution in [-0.2, 0) is 14.3 Å². The van der Waals surface area contributed by atoms with Crippen LogP contribution in [0.1, 0.15) is 45.5 Å². The van der Waals surface area contributed by atoms with Gasteiger partial charge in [0.25, 0.3) is 5.91 Å². The summed E-state index contributed by atoms with van der Waals surface area (Å²) >= 11 is 1.02. The normalized spacial score (nSPS) is 17.8. The fourth-order valence-corrected chi connectivity index (χ4v) is 4.79. The second-order valence-corrected chi connectivity index (χ2v) is 8.30. The Kier molecular flexibility index (Phi) is 5.73. The Hall–Kier alpha value is -3.27. The topological polar surface area (TPSA) is 109 Å². The van der Waals surface area contributed by atoms with Crippen molar-refractivity contribution in [2.75, 3.05) is 29.9 Å². The number of aromatic nitrogens is 1. The van der Waals surface area contributed by atoms with Gasteiger partial charge in [-0.2, -0.15) is 0 Å². The molecule has 31 heavy (non-hydrogen) atoms. The molecule has 1 N–H and O–H groups in total. The maximum absolute atomic E-state index is 13.2. The second-order valence-electron chi connectivity index (χ2n) is 7.30. The molecule has 0 unspecified atom stereocenters. The van der Waals surface area contributed by atoms with Crippen LogP contribution in [0.4, 0.5) is 10.8 Å². The number of aryl methyl sites for hydroxylation is 1. The summed E-state index contributed by atoms with van der Waals surface area (Å²) < 4.78 is 5.00. The number of thiazole rings is 1. The fourth-order valence-electron chi connectivity index (χ4n) is 3.91. The lowest BCUT2D eigenvalue weighted by Crippen LogP contribution is -2.47. The predicted octanol–water partition coefficient (Wildman–Crippen LogP) is 2.22. The number of nitrogens with one attached hydrogen (secondary N) is 1. The van der Waals surface area contributed by atoms with Gasteiger partial charge in [-0.3, -0.25) is 14.4 Å². The van der Waals surface area contributed by atoms with Crippen LogP contribution in [0, 0.1) is 6.92 Å². The van der Waals surface area contributed by atoms with Gasteiger partial charge in [-0.25, -0.2) is 9.78 Å². The Balaban J connectivity index is 1.57. The molecule has 2 aromatic rings. The first kappa shape index (κ1) is 21.0. The number of ether oxygens (including phenoxy) is 1. The van der Waals surface area contributed by atoms with Crippen LogP contribution in [0.3, 0.4) is 0 Å². The summed E-state index contributed by atoms with van der Waals surface area (Å²) in [5, 5.41) is 2.91. The minimum atomic E-state index is -0.565. The van der Waals surface area contributed by atoms with Gasteiger partial charge < -0.3 is 19.9 Å². The molecular formula is C21H22N4O5S. The molecule has 3 heterocycles. The van der Waals surface area contributed by atoms with E-state index in [0.29, 0.717) is 34.8 Å². The van der Waals surface area contributed by atoms with Crippen molar-refractivity contribution in [1.82, 2.24) is 9.88 Å². The van der Waals surface area contributed by atoms with E-state index in [9.17, 15) is 19.2 Å². The molecular weight excluding hydrogens is 420 g/mol. The molecule has 1 aromatic heterocycles. The number of rotatable bonds is 5. The van der Waals surface area contributed by atoms with Gasteiger partial charge in [-0.15, -0.1) is 0 Å². The molecule has 0 radical (unpaired) electrons. The monoisotopic (exact) mass is 442 g/mol. The number of carbonyl (C=O) groups is 4. The van der Waals surface area contributed by atoms with Crippen LogP contribution in [0.15, 0.2) is 24.3 Å². The summed E-state index contributed by atoms with van der Waals surface area (Å²) in [4.78, 5) is 58.4. The highest BCUT2D eigenvalue weighted by molar-refractivity contribution is 7.17. The highest BCUT2D eigenvalue weighted by Crippen LogP contribution is 2.32. The number of hydrogen-bond acceptors (Lipinski definition) is 7. The van der Waals surface area contributed by atoms with E-state index in [2.05, 4.69) is 10.3 Å². The van der Waals surface area contributed by atoms with Gasteiger partial charge in [0.1, 0.15) is 17.5 Å². The van der Waals surface area contributed by atoms with Gasteiger partial charge in [0, 0.05) is 6.54 Å². The number of nitrogens with zero attached hydrogens (tertiary/aromatic N) is 3. The highest BCUT2D eigenvalue weighted by atomic mass is 32.1. The lowest BCUT2D eigenvalue weighted by Gasteiger charge is -2.25. The first-order valence-electron chi connectivity index (χ1n) is 10.1. The van der Waals surface area contributed by atoms with E-state index >= 15 is 0 Å². The summed E-state index contributed by atoms with van der Waals surface area (Å²) in [6, 6.07) is 6.26. The number of anilines is 2. The van der Waals surface area contributed by atoms with Gasteiger partial charge >= 0.3 is 5.97 Å². The summed E-state index contributed by atoms with van der Waals surface area (Å²) in [6.45, 7) is 3.88. The highest BCUT2D eigenvalue weighted by Gasteiger charge is 2.42. The maximum atomic E-state index is 13.2. The first-order chi connectivity index (χ1) is 14.9. The molecule has 1 aromatic carbocycles. The molecule has 0 saturated carbocycles. The van der Waals surface area contributed by atoms with Crippen molar-refractivity contribution in [3.63, 3.8) is 0 Å². The molecule has 9 nitrogen and oxygen atoms in total. The van der Waals surface area contributed by atoms with E-state index in [1.807, 2.05) is 0 Å². The number of fused-ring (bicyclic) bond motifs is 2. The number of hydrogen-bond donors (Lipinski definition) is 1. The average Bonchev–Trinajstić information content (AvgIpc) is 3.36. The molecule has 1 atom stereocenters. The second kappa shape index (κ2) is 8.46. The van der Waals surface area contributed by atoms with Crippen molar-refractivity contribution in [1.29, 1.82) is 0 Å². The first-order valence-corrected chi connectivity index (χ1v) is 10.9. The smallest absolute Gasteiger partial charge is 0.350 e. The lowest BCUT2D eigenvalue weighted by molar-refractivity contribution is -0.124. The third kappa shape index (κ3) is 3.90. The Bertz CT molecular complexity index is 1070. The number of para-hydroxylation sites is 1.